The molecule has 0 aliphatic heterocycles. The van der Waals surface area contributed by atoms with Gasteiger partial charge in [-0.05, 0) is 61.5 Å². The molecule has 0 amide bonds. The molecule has 1 aromatic rings. The summed E-state index contributed by atoms with van der Waals surface area (Å²) in [5.74, 6) is -0.335. The average Bonchev–Trinajstić information content (AvgIpc) is 2.44. The molecular weight excluding hydrogens is 275 g/mol. The van der Waals surface area contributed by atoms with Gasteiger partial charge >= 0.3 is 6.18 Å². The van der Waals surface area contributed by atoms with E-state index in [4.69, 9.17) is 5.73 Å². The summed E-state index contributed by atoms with van der Waals surface area (Å²) in [7, 11) is 0. The molecular formula is C17H22F3N. The van der Waals surface area contributed by atoms with Crippen LogP contribution in [0.2, 0.25) is 0 Å². The van der Waals surface area contributed by atoms with Gasteiger partial charge in [0, 0.05) is 6.04 Å². The quantitative estimate of drug-likeness (QED) is 0.878. The number of alkyl halides is 3. The molecule has 2 N–H and O–H groups in total. The molecule has 0 radical (unpaired) electrons. The van der Waals surface area contributed by atoms with Gasteiger partial charge in [0.05, 0.1) is 5.92 Å². The van der Waals surface area contributed by atoms with Crippen LogP contribution in [0, 0.1) is 11.8 Å². The van der Waals surface area contributed by atoms with Gasteiger partial charge in [-0.2, -0.15) is 13.2 Å². The first kappa shape index (κ1) is 14.9. The summed E-state index contributed by atoms with van der Waals surface area (Å²) in [4.78, 5) is 0. The predicted molar refractivity (Wildman–Crippen MR) is 77.0 cm³/mol. The van der Waals surface area contributed by atoms with Crippen LogP contribution >= 0.6 is 0 Å². The molecule has 0 heterocycles. The van der Waals surface area contributed by atoms with E-state index in [1.54, 1.807) is 0 Å². The Bertz CT molecular complexity index is 489. The molecule has 2 aliphatic rings. The zero-order valence-corrected chi connectivity index (χ0v) is 12.1. The number of halogens is 3. The van der Waals surface area contributed by atoms with Crippen molar-refractivity contribution in [3.63, 3.8) is 0 Å². The Morgan fingerprint density at radius 1 is 1.10 bits per heavy atom. The standard InChI is InChI=1S/C17H22F3N/c18-17(19,20)14-7-5-11(6-8-14)16(21)10-13-9-12-3-1-2-4-15(12)13/h1-4,11,13-14,16H,5-10,21H2. The maximum absolute atomic E-state index is 12.7. The molecule has 1 aromatic carbocycles. The molecule has 4 heteroatoms. The van der Waals surface area contributed by atoms with Crippen molar-refractivity contribution < 1.29 is 13.2 Å². The Morgan fingerprint density at radius 2 is 1.76 bits per heavy atom. The highest BCUT2D eigenvalue weighted by Crippen LogP contribution is 2.43. The van der Waals surface area contributed by atoms with E-state index in [1.165, 1.54) is 11.1 Å². The Kier molecular flexibility index (Phi) is 4.00. The first-order valence-corrected chi connectivity index (χ1v) is 7.85. The molecule has 2 unspecified atom stereocenters. The van der Waals surface area contributed by atoms with Crippen molar-refractivity contribution in [2.75, 3.05) is 0 Å². The van der Waals surface area contributed by atoms with Crippen LogP contribution in [0.5, 0.6) is 0 Å². The lowest BCUT2D eigenvalue weighted by Gasteiger charge is -2.37. The van der Waals surface area contributed by atoms with E-state index in [1.807, 2.05) is 12.1 Å². The summed E-state index contributed by atoms with van der Waals surface area (Å²) >= 11 is 0. The smallest absolute Gasteiger partial charge is 0.327 e. The van der Waals surface area contributed by atoms with Gasteiger partial charge in [-0.25, -0.2) is 0 Å². The zero-order valence-electron chi connectivity index (χ0n) is 12.1. The van der Waals surface area contributed by atoms with Crippen LogP contribution in [0.3, 0.4) is 0 Å². The summed E-state index contributed by atoms with van der Waals surface area (Å²) in [5, 5.41) is 0. The van der Waals surface area contributed by atoms with Crippen molar-refractivity contribution in [2.45, 2.75) is 56.7 Å². The third kappa shape index (κ3) is 3.10. The minimum Gasteiger partial charge on any atom is -0.327 e. The minimum absolute atomic E-state index is 0.0394. The second-order valence-corrected chi connectivity index (χ2v) is 6.65. The maximum Gasteiger partial charge on any atom is 0.391 e. The summed E-state index contributed by atoms with van der Waals surface area (Å²) in [6.07, 6.45) is -0.284. The van der Waals surface area contributed by atoms with Crippen LogP contribution in [-0.2, 0) is 6.42 Å². The van der Waals surface area contributed by atoms with Gasteiger partial charge in [-0.1, -0.05) is 24.3 Å². The Morgan fingerprint density at radius 3 is 2.38 bits per heavy atom. The highest BCUT2D eigenvalue weighted by Gasteiger charge is 2.42. The van der Waals surface area contributed by atoms with E-state index in [2.05, 4.69) is 12.1 Å². The molecule has 0 aromatic heterocycles. The van der Waals surface area contributed by atoms with Gasteiger partial charge in [-0.3, -0.25) is 0 Å². The van der Waals surface area contributed by atoms with Crippen LogP contribution < -0.4 is 5.73 Å². The molecule has 1 saturated carbocycles. The molecule has 1 fully saturated rings. The monoisotopic (exact) mass is 297 g/mol. The van der Waals surface area contributed by atoms with Crippen LogP contribution in [-0.4, -0.2) is 12.2 Å². The highest BCUT2D eigenvalue weighted by atomic mass is 19.4. The number of benzene rings is 1. The fourth-order valence-corrected chi connectivity index (χ4v) is 3.97. The van der Waals surface area contributed by atoms with Gasteiger partial charge < -0.3 is 5.73 Å². The first-order chi connectivity index (χ1) is 9.95. The normalized spacial score (nSPS) is 30.4. The molecule has 0 bridgehead atoms. The lowest BCUT2D eigenvalue weighted by atomic mass is 9.70. The fraction of sp³-hybridized carbons (Fsp3) is 0.647. The number of hydrogen-bond donors (Lipinski definition) is 1. The van der Waals surface area contributed by atoms with Crippen molar-refractivity contribution in [3.8, 4) is 0 Å². The summed E-state index contributed by atoms with van der Waals surface area (Å²) < 4.78 is 38.0. The number of fused-ring (bicyclic) bond motifs is 1. The molecule has 2 aliphatic carbocycles. The second kappa shape index (κ2) is 5.64. The van der Waals surface area contributed by atoms with Crippen LogP contribution in [0.4, 0.5) is 13.2 Å². The van der Waals surface area contributed by atoms with E-state index in [0.717, 1.165) is 12.8 Å². The predicted octanol–water partition coefficient (Wildman–Crippen LogP) is 4.41. The van der Waals surface area contributed by atoms with E-state index in [-0.39, 0.29) is 24.8 Å². The fourth-order valence-electron chi connectivity index (χ4n) is 3.97. The molecule has 2 atom stereocenters. The van der Waals surface area contributed by atoms with E-state index in [0.29, 0.717) is 18.8 Å². The van der Waals surface area contributed by atoms with Crippen molar-refractivity contribution in [1.29, 1.82) is 0 Å². The second-order valence-electron chi connectivity index (χ2n) is 6.65. The number of hydrogen-bond acceptors (Lipinski definition) is 1. The molecule has 116 valence electrons. The third-order valence-corrected chi connectivity index (χ3v) is 5.36. The van der Waals surface area contributed by atoms with Crippen molar-refractivity contribution in [1.82, 2.24) is 0 Å². The van der Waals surface area contributed by atoms with Crippen molar-refractivity contribution >= 4 is 0 Å². The van der Waals surface area contributed by atoms with E-state index >= 15 is 0 Å². The largest absolute Gasteiger partial charge is 0.391 e. The van der Waals surface area contributed by atoms with Gasteiger partial charge in [0.15, 0.2) is 0 Å². The Balaban J connectivity index is 1.51. The Labute approximate surface area is 123 Å². The first-order valence-electron chi connectivity index (χ1n) is 7.85. The third-order valence-electron chi connectivity index (χ3n) is 5.36. The zero-order chi connectivity index (χ0) is 15.0. The average molecular weight is 297 g/mol. The van der Waals surface area contributed by atoms with Gasteiger partial charge in [0.1, 0.15) is 0 Å². The summed E-state index contributed by atoms with van der Waals surface area (Å²) in [5.41, 5.74) is 9.07. The van der Waals surface area contributed by atoms with E-state index in [9.17, 15) is 13.2 Å². The van der Waals surface area contributed by atoms with Gasteiger partial charge in [0.2, 0.25) is 0 Å². The lowest BCUT2D eigenvalue weighted by molar-refractivity contribution is -0.184. The van der Waals surface area contributed by atoms with Crippen LogP contribution in [0.25, 0.3) is 0 Å². The topological polar surface area (TPSA) is 26.0 Å². The van der Waals surface area contributed by atoms with Gasteiger partial charge in [0.25, 0.3) is 0 Å². The van der Waals surface area contributed by atoms with Crippen LogP contribution in [0.15, 0.2) is 24.3 Å². The lowest BCUT2D eigenvalue weighted by Crippen LogP contribution is -2.38. The van der Waals surface area contributed by atoms with Crippen LogP contribution in [0.1, 0.15) is 49.1 Å². The number of nitrogens with two attached hydrogens (primary N) is 1. The number of rotatable bonds is 3. The van der Waals surface area contributed by atoms with E-state index < -0.39 is 12.1 Å². The summed E-state index contributed by atoms with van der Waals surface area (Å²) in [6, 6.07) is 8.43. The highest BCUT2D eigenvalue weighted by molar-refractivity contribution is 5.39. The van der Waals surface area contributed by atoms with Crippen molar-refractivity contribution in [2.24, 2.45) is 17.6 Å². The van der Waals surface area contributed by atoms with Gasteiger partial charge in [-0.15, -0.1) is 0 Å². The minimum atomic E-state index is -4.03. The molecule has 3 rings (SSSR count). The summed E-state index contributed by atoms with van der Waals surface area (Å²) in [6.45, 7) is 0. The molecule has 0 saturated heterocycles. The van der Waals surface area contributed by atoms with Crippen molar-refractivity contribution in [3.05, 3.63) is 35.4 Å². The molecule has 0 spiro atoms. The molecule has 1 nitrogen and oxygen atoms in total. The maximum atomic E-state index is 12.7. The Hall–Kier alpha value is -1.03. The molecule has 21 heavy (non-hydrogen) atoms. The SMILES string of the molecule is NC(CC1Cc2ccccc21)C1CCC(C(F)(F)F)CC1.